The maximum Gasteiger partial charge on any atom is 0.123 e. The zero-order valence-electron chi connectivity index (χ0n) is 12.1. The van der Waals surface area contributed by atoms with Gasteiger partial charge in [0.1, 0.15) is 5.82 Å². The Balaban J connectivity index is 2.41. The molecule has 0 radical (unpaired) electrons. The predicted molar refractivity (Wildman–Crippen MR) is 77.9 cm³/mol. The molecule has 0 aromatic heterocycles. The van der Waals surface area contributed by atoms with Crippen LogP contribution in [-0.2, 0) is 11.2 Å². The van der Waals surface area contributed by atoms with Crippen LogP contribution >= 0.6 is 0 Å². The van der Waals surface area contributed by atoms with Crippen LogP contribution < -0.4 is 5.32 Å². The quantitative estimate of drug-likeness (QED) is 0.656. The molecule has 0 aliphatic rings. The van der Waals surface area contributed by atoms with E-state index in [2.05, 4.69) is 12.2 Å². The van der Waals surface area contributed by atoms with Crippen LogP contribution in [0.25, 0.3) is 0 Å². The van der Waals surface area contributed by atoms with Gasteiger partial charge in [-0.1, -0.05) is 19.1 Å². The molecule has 0 amide bonds. The van der Waals surface area contributed by atoms with Gasteiger partial charge in [0.25, 0.3) is 0 Å². The Morgan fingerprint density at radius 3 is 2.58 bits per heavy atom. The first-order valence-electron chi connectivity index (χ1n) is 7.29. The van der Waals surface area contributed by atoms with Gasteiger partial charge in [-0.05, 0) is 62.9 Å². The minimum Gasteiger partial charge on any atom is -0.382 e. The summed E-state index contributed by atoms with van der Waals surface area (Å²) in [5, 5.41) is 3.41. The molecule has 1 rings (SSSR count). The third-order valence-corrected chi connectivity index (χ3v) is 3.23. The molecule has 0 saturated carbocycles. The lowest BCUT2D eigenvalue weighted by Crippen LogP contribution is -2.24. The number of nitrogens with one attached hydrogen (secondary N) is 1. The van der Waals surface area contributed by atoms with Crippen LogP contribution in [0.1, 0.15) is 32.3 Å². The van der Waals surface area contributed by atoms with E-state index in [1.807, 2.05) is 19.1 Å². The average Bonchev–Trinajstić information content (AvgIpc) is 2.43. The van der Waals surface area contributed by atoms with Crippen LogP contribution in [0.5, 0.6) is 0 Å². The molecule has 1 aromatic rings. The van der Waals surface area contributed by atoms with Crippen molar-refractivity contribution < 1.29 is 9.13 Å². The summed E-state index contributed by atoms with van der Waals surface area (Å²) in [5.41, 5.74) is 1.21. The van der Waals surface area contributed by atoms with E-state index in [-0.39, 0.29) is 5.82 Å². The highest BCUT2D eigenvalue weighted by atomic mass is 19.1. The second-order valence-corrected chi connectivity index (χ2v) is 4.84. The Morgan fingerprint density at radius 1 is 1.21 bits per heavy atom. The van der Waals surface area contributed by atoms with Crippen molar-refractivity contribution in [3.8, 4) is 0 Å². The van der Waals surface area contributed by atoms with Crippen molar-refractivity contribution in [1.29, 1.82) is 0 Å². The van der Waals surface area contributed by atoms with E-state index >= 15 is 0 Å². The van der Waals surface area contributed by atoms with Gasteiger partial charge in [0.15, 0.2) is 0 Å². The van der Waals surface area contributed by atoms with Gasteiger partial charge in [0.05, 0.1) is 0 Å². The zero-order valence-corrected chi connectivity index (χ0v) is 12.1. The second-order valence-electron chi connectivity index (χ2n) is 4.84. The summed E-state index contributed by atoms with van der Waals surface area (Å²) in [7, 11) is 0. The average molecular weight is 267 g/mol. The summed E-state index contributed by atoms with van der Waals surface area (Å²) in [5.74, 6) is 0.425. The highest BCUT2D eigenvalue weighted by Crippen LogP contribution is 2.14. The Labute approximate surface area is 116 Å². The van der Waals surface area contributed by atoms with Crippen LogP contribution in [0, 0.1) is 11.7 Å². The molecule has 108 valence electrons. The van der Waals surface area contributed by atoms with E-state index in [1.165, 1.54) is 5.56 Å². The molecule has 0 aliphatic heterocycles. The first kappa shape index (κ1) is 16.1. The number of hydrogen-bond acceptors (Lipinski definition) is 2. The Bertz CT molecular complexity index is 326. The molecule has 0 spiro atoms. The summed E-state index contributed by atoms with van der Waals surface area (Å²) < 4.78 is 18.3. The topological polar surface area (TPSA) is 21.3 Å². The van der Waals surface area contributed by atoms with E-state index in [0.29, 0.717) is 5.92 Å². The molecule has 0 saturated heterocycles. The maximum absolute atomic E-state index is 12.9. The number of benzene rings is 1. The zero-order chi connectivity index (χ0) is 13.9. The van der Waals surface area contributed by atoms with Gasteiger partial charge in [0.2, 0.25) is 0 Å². The molecule has 0 bridgehead atoms. The van der Waals surface area contributed by atoms with Crippen molar-refractivity contribution in [1.82, 2.24) is 5.32 Å². The van der Waals surface area contributed by atoms with Crippen molar-refractivity contribution in [2.45, 2.75) is 33.1 Å². The lowest BCUT2D eigenvalue weighted by molar-refractivity contribution is 0.139. The summed E-state index contributed by atoms with van der Waals surface area (Å²) in [4.78, 5) is 0. The molecule has 2 nitrogen and oxygen atoms in total. The standard InChI is InChI=1S/C16H26FNO/c1-3-18-13-15(6-5-11-19-4-2)12-14-7-9-16(17)10-8-14/h7-10,15,18H,3-6,11-13H2,1-2H3. The lowest BCUT2D eigenvalue weighted by atomic mass is 9.94. The van der Waals surface area contributed by atoms with Gasteiger partial charge in [0, 0.05) is 13.2 Å². The first-order chi connectivity index (χ1) is 9.26. The fraction of sp³-hybridized carbons (Fsp3) is 0.625. The van der Waals surface area contributed by atoms with E-state index < -0.39 is 0 Å². The van der Waals surface area contributed by atoms with Crippen LogP contribution in [0.4, 0.5) is 4.39 Å². The van der Waals surface area contributed by atoms with Gasteiger partial charge in [-0.3, -0.25) is 0 Å². The summed E-state index contributed by atoms with van der Waals surface area (Å²) in [6.45, 7) is 7.77. The first-order valence-corrected chi connectivity index (χ1v) is 7.29. The monoisotopic (exact) mass is 267 g/mol. The smallest absolute Gasteiger partial charge is 0.123 e. The highest BCUT2D eigenvalue weighted by molar-refractivity contribution is 5.16. The second kappa shape index (κ2) is 9.93. The Hall–Kier alpha value is -0.930. The third kappa shape index (κ3) is 7.28. The van der Waals surface area contributed by atoms with Gasteiger partial charge < -0.3 is 10.1 Å². The molecule has 0 fully saturated rings. The number of halogens is 1. The minimum atomic E-state index is -0.164. The van der Waals surface area contributed by atoms with Crippen LogP contribution in [0.15, 0.2) is 24.3 Å². The van der Waals surface area contributed by atoms with E-state index in [4.69, 9.17) is 4.74 Å². The summed E-state index contributed by atoms with van der Waals surface area (Å²) >= 11 is 0. The Morgan fingerprint density at radius 2 is 1.95 bits per heavy atom. The summed E-state index contributed by atoms with van der Waals surface area (Å²) in [6.07, 6.45) is 3.23. The molecule has 1 atom stereocenters. The van der Waals surface area contributed by atoms with E-state index in [0.717, 1.165) is 45.6 Å². The van der Waals surface area contributed by atoms with Gasteiger partial charge in [-0.25, -0.2) is 4.39 Å². The van der Waals surface area contributed by atoms with Crippen LogP contribution in [-0.4, -0.2) is 26.3 Å². The predicted octanol–water partition coefficient (Wildman–Crippen LogP) is 3.41. The van der Waals surface area contributed by atoms with Crippen molar-refractivity contribution in [3.63, 3.8) is 0 Å². The molecule has 19 heavy (non-hydrogen) atoms. The molecule has 1 unspecified atom stereocenters. The largest absolute Gasteiger partial charge is 0.382 e. The molecule has 1 aromatic carbocycles. The van der Waals surface area contributed by atoms with Crippen molar-refractivity contribution in [2.24, 2.45) is 5.92 Å². The SMILES string of the molecule is CCNCC(CCCOCC)Cc1ccc(F)cc1. The molecule has 0 heterocycles. The molecule has 3 heteroatoms. The van der Waals surface area contributed by atoms with Crippen molar-refractivity contribution in [2.75, 3.05) is 26.3 Å². The van der Waals surface area contributed by atoms with Gasteiger partial charge in [-0.15, -0.1) is 0 Å². The van der Waals surface area contributed by atoms with Gasteiger partial charge >= 0.3 is 0 Å². The van der Waals surface area contributed by atoms with Crippen LogP contribution in [0.2, 0.25) is 0 Å². The fourth-order valence-corrected chi connectivity index (χ4v) is 2.20. The minimum absolute atomic E-state index is 0.164. The Kier molecular flexibility index (Phi) is 8.43. The molecular formula is C16H26FNO. The van der Waals surface area contributed by atoms with Crippen LogP contribution in [0.3, 0.4) is 0 Å². The third-order valence-electron chi connectivity index (χ3n) is 3.23. The molecule has 1 N–H and O–H groups in total. The number of ether oxygens (including phenoxy) is 1. The van der Waals surface area contributed by atoms with E-state index in [9.17, 15) is 4.39 Å². The normalized spacial score (nSPS) is 12.6. The highest BCUT2D eigenvalue weighted by Gasteiger charge is 2.09. The van der Waals surface area contributed by atoms with E-state index in [1.54, 1.807) is 12.1 Å². The summed E-state index contributed by atoms with van der Waals surface area (Å²) in [6, 6.07) is 6.85. The number of rotatable bonds is 10. The number of hydrogen-bond donors (Lipinski definition) is 1. The maximum atomic E-state index is 12.9. The molecule has 0 aliphatic carbocycles. The van der Waals surface area contributed by atoms with Crippen molar-refractivity contribution in [3.05, 3.63) is 35.6 Å². The van der Waals surface area contributed by atoms with Crippen molar-refractivity contribution >= 4 is 0 Å². The molecular weight excluding hydrogens is 241 g/mol. The van der Waals surface area contributed by atoms with Gasteiger partial charge in [-0.2, -0.15) is 0 Å². The fourth-order valence-electron chi connectivity index (χ4n) is 2.20. The lowest BCUT2D eigenvalue weighted by Gasteiger charge is -2.17.